The number of rotatable bonds is 9. The summed E-state index contributed by atoms with van der Waals surface area (Å²) in [7, 11) is 0. The molecular formula is C17H17N7O4. The number of hydrogen-bond donors (Lipinski definition) is 3. The average Bonchev–Trinajstić information content (AvgIpc) is 3.19. The normalized spacial score (nSPS) is 10.4. The number of aromatic carboxylic acids is 1. The van der Waals surface area contributed by atoms with Gasteiger partial charge in [0.05, 0.1) is 16.8 Å². The van der Waals surface area contributed by atoms with Crippen molar-refractivity contribution in [3.05, 3.63) is 65.0 Å². The van der Waals surface area contributed by atoms with Crippen LogP contribution in [0, 0.1) is 10.1 Å². The Morgan fingerprint density at radius 1 is 1.21 bits per heavy atom. The number of carbonyl (C=O) groups is 1. The lowest BCUT2D eigenvalue weighted by Crippen LogP contribution is -2.11. The molecule has 0 radical (unpaired) electrons. The van der Waals surface area contributed by atoms with E-state index in [9.17, 15) is 14.9 Å². The van der Waals surface area contributed by atoms with Crippen molar-refractivity contribution < 1.29 is 14.8 Å². The van der Waals surface area contributed by atoms with Crippen molar-refractivity contribution in [2.75, 3.05) is 17.2 Å². The minimum Gasteiger partial charge on any atom is -0.478 e. The molecule has 0 spiro atoms. The van der Waals surface area contributed by atoms with Crippen molar-refractivity contribution in [1.82, 2.24) is 19.5 Å². The lowest BCUT2D eigenvalue weighted by atomic mass is 10.2. The molecule has 0 aliphatic heterocycles. The van der Waals surface area contributed by atoms with Gasteiger partial charge in [0.25, 0.3) is 0 Å². The summed E-state index contributed by atoms with van der Waals surface area (Å²) in [5.41, 5.74) is 0.299. The fourth-order valence-corrected chi connectivity index (χ4v) is 2.49. The number of carboxylic acids is 1. The van der Waals surface area contributed by atoms with Crippen LogP contribution in [0.5, 0.6) is 0 Å². The van der Waals surface area contributed by atoms with E-state index in [0.717, 1.165) is 6.42 Å². The molecule has 0 bridgehead atoms. The second-order valence-electron chi connectivity index (χ2n) is 5.76. The summed E-state index contributed by atoms with van der Waals surface area (Å²) in [6, 6.07) is 5.81. The van der Waals surface area contributed by atoms with Crippen LogP contribution in [-0.4, -0.2) is 42.1 Å². The Hall–Kier alpha value is -4.02. The van der Waals surface area contributed by atoms with Gasteiger partial charge in [0.1, 0.15) is 6.33 Å². The fraction of sp³-hybridized carbons (Fsp3) is 0.176. The van der Waals surface area contributed by atoms with E-state index in [2.05, 4.69) is 25.6 Å². The molecule has 28 heavy (non-hydrogen) atoms. The number of aryl methyl sites for hydroxylation is 1. The zero-order chi connectivity index (χ0) is 19.9. The Morgan fingerprint density at radius 2 is 1.96 bits per heavy atom. The van der Waals surface area contributed by atoms with Crippen LogP contribution in [0.15, 0.2) is 49.3 Å². The van der Waals surface area contributed by atoms with E-state index >= 15 is 0 Å². The smallest absolute Gasteiger partial charge is 0.353 e. The largest absolute Gasteiger partial charge is 0.478 e. The summed E-state index contributed by atoms with van der Waals surface area (Å²) in [6.45, 7) is 1.19. The predicted octanol–water partition coefficient (Wildman–Crippen LogP) is 2.53. The summed E-state index contributed by atoms with van der Waals surface area (Å²) >= 11 is 0. The van der Waals surface area contributed by atoms with E-state index in [4.69, 9.17) is 5.11 Å². The minimum atomic E-state index is -1.05. The number of aromatic nitrogens is 4. The number of nitro groups is 1. The maximum atomic E-state index is 11.6. The Kier molecular flexibility index (Phi) is 5.75. The monoisotopic (exact) mass is 383 g/mol. The highest BCUT2D eigenvalue weighted by molar-refractivity contribution is 5.88. The number of nitrogens with zero attached hydrogens (tertiary/aromatic N) is 5. The highest BCUT2D eigenvalue weighted by atomic mass is 16.6. The lowest BCUT2D eigenvalue weighted by Gasteiger charge is -2.10. The predicted molar refractivity (Wildman–Crippen MR) is 101 cm³/mol. The summed E-state index contributed by atoms with van der Waals surface area (Å²) in [4.78, 5) is 33.8. The van der Waals surface area contributed by atoms with Gasteiger partial charge in [-0.1, -0.05) is 0 Å². The van der Waals surface area contributed by atoms with Gasteiger partial charge in [0.15, 0.2) is 0 Å². The number of hydrogen-bond acceptors (Lipinski definition) is 8. The molecule has 0 saturated heterocycles. The molecule has 144 valence electrons. The molecule has 3 rings (SSSR count). The van der Waals surface area contributed by atoms with E-state index in [1.54, 1.807) is 12.5 Å². The van der Waals surface area contributed by atoms with Gasteiger partial charge in [-0.2, -0.15) is 0 Å². The van der Waals surface area contributed by atoms with Gasteiger partial charge < -0.3 is 20.3 Å². The van der Waals surface area contributed by atoms with Gasteiger partial charge in [-0.15, -0.1) is 0 Å². The van der Waals surface area contributed by atoms with Crippen molar-refractivity contribution in [2.24, 2.45) is 0 Å². The third-order valence-corrected chi connectivity index (χ3v) is 3.84. The second kappa shape index (κ2) is 8.58. The van der Waals surface area contributed by atoms with Crippen LogP contribution < -0.4 is 10.6 Å². The summed E-state index contributed by atoms with van der Waals surface area (Å²) < 4.78 is 1.91. The van der Waals surface area contributed by atoms with Gasteiger partial charge in [-0.25, -0.2) is 19.7 Å². The number of nitrogens with one attached hydrogen (secondary N) is 2. The zero-order valence-corrected chi connectivity index (χ0v) is 14.6. The third-order valence-electron chi connectivity index (χ3n) is 3.84. The maximum absolute atomic E-state index is 11.6. The zero-order valence-electron chi connectivity index (χ0n) is 14.6. The SMILES string of the molecule is O=C(O)c1ccc(Nc2ncnc(NCCCn3ccnc3)c2[N+](=O)[O-])cc1. The van der Waals surface area contributed by atoms with E-state index in [1.165, 1.54) is 30.6 Å². The lowest BCUT2D eigenvalue weighted by molar-refractivity contribution is -0.383. The van der Waals surface area contributed by atoms with E-state index in [-0.39, 0.29) is 22.9 Å². The molecule has 3 N–H and O–H groups in total. The standard InChI is InChI=1S/C17H17N7O4/c25-17(26)12-2-4-13(5-3-12)22-16-14(24(27)28)15(20-10-21-16)19-6-1-8-23-9-7-18-11-23/h2-5,7,9-11H,1,6,8H2,(H,25,26)(H2,19,20,21,22). The first-order chi connectivity index (χ1) is 13.5. The van der Waals surface area contributed by atoms with Crippen molar-refractivity contribution in [3.8, 4) is 0 Å². The Labute approximate surface area is 159 Å². The summed E-state index contributed by atoms with van der Waals surface area (Å²) in [5.74, 6) is -0.933. The maximum Gasteiger partial charge on any atom is 0.353 e. The molecule has 0 saturated carbocycles. The van der Waals surface area contributed by atoms with Gasteiger partial charge in [-0.3, -0.25) is 10.1 Å². The number of imidazole rings is 1. The molecule has 0 fully saturated rings. The molecule has 0 atom stereocenters. The molecule has 1 aromatic carbocycles. The van der Waals surface area contributed by atoms with Crippen molar-refractivity contribution >= 4 is 29.0 Å². The van der Waals surface area contributed by atoms with Crippen LogP contribution in [0.25, 0.3) is 0 Å². The molecule has 11 heteroatoms. The Morgan fingerprint density at radius 3 is 2.61 bits per heavy atom. The average molecular weight is 383 g/mol. The van der Waals surface area contributed by atoms with E-state index < -0.39 is 10.9 Å². The summed E-state index contributed by atoms with van der Waals surface area (Å²) in [6.07, 6.45) is 7.16. The van der Waals surface area contributed by atoms with Gasteiger partial charge in [-0.05, 0) is 30.7 Å². The molecule has 2 aromatic heterocycles. The molecule has 0 unspecified atom stereocenters. The van der Waals surface area contributed by atoms with Gasteiger partial charge >= 0.3 is 11.7 Å². The van der Waals surface area contributed by atoms with Gasteiger partial charge in [0, 0.05) is 31.2 Å². The Balaban J connectivity index is 1.71. The van der Waals surface area contributed by atoms with Crippen LogP contribution in [0.4, 0.5) is 23.0 Å². The molecule has 2 heterocycles. The first-order valence-corrected chi connectivity index (χ1v) is 8.34. The van der Waals surface area contributed by atoms with Crippen LogP contribution in [-0.2, 0) is 6.54 Å². The number of benzene rings is 1. The molecule has 0 aliphatic rings. The quantitative estimate of drug-likeness (QED) is 0.288. The Bertz CT molecular complexity index is 958. The molecule has 0 amide bonds. The molecule has 0 aliphatic carbocycles. The molecular weight excluding hydrogens is 366 g/mol. The number of anilines is 3. The van der Waals surface area contributed by atoms with Crippen LogP contribution in [0.2, 0.25) is 0 Å². The van der Waals surface area contributed by atoms with Crippen molar-refractivity contribution in [3.63, 3.8) is 0 Å². The third kappa shape index (κ3) is 4.58. The van der Waals surface area contributed by atoms with E-state index in [0.29, 0.717) is 18.8 Å². The van der Waals surface area contributed by atoms with Crippen LogP contribution >= 0.6 is 0 Å². The topological polar surface area (TPSA) is 148 Å². The molecule has 11 nitrogen and oxygen atoms in total. The van der Waals surface area contributed by atoms with Crippen LogP contribution in [0.1, 0.15) is 16.8 Å². The first-order valence-electron chi connectivity index (χ1n) is 8.34. The second-order valence-corrected chi connectivity index (χ2v) is 5.76. The summed E-state index contributed by atoms with van der Waals surface area (Å²) in [5, 5.41) is 26.3. The highest BCUT2D eigenvalue weighted by Crippen LogP contribution is 2.31. The van der Waals surface area contributed by atoms with Crippen molar-refractivity contribution in [1.29, 1.82) is 0 Å². The van der Waals surface area contributed by atoms with Crippen LogP contribution in [0.3, 0.4) is 0 Å². The van der Waals surface area contributed by atoms with Crippen molar-refractivity contribution in [2.45, 2.75) is 13.0 Å². The fourth-order valence-electron chi connectivity index (χ4n) is 2.49. The highest BCUT2D eigenvalue weighted by Gasteiger charge is 2.23. The molecule has 3 aromatic rings. The minimum absolute atomic E-state index is 0.0141. The number of carboxylic acid groups (broad SMARTS) is 1. The van der Waals surface area contributed by atoms with E-state index in [1.807, 2.05) is 10.8 Å². The van der Waals surface area contributed by atoms with Gasteiger partial charge in [0.2, 0.25) is 11.6 Å². The first kappa shape index (κ1) is 18.8.